The predicted molar refractivity (Wildman–Crippen MR) is 93.9 cm³/mol. The van der Waals surface area contributed by atoms with Crippen LogP contribution in [0.25, 0.3) is 0 Å². The lowest BCUT2D eigenvalue weighted by molar-refractivity contribution is -0.132. The summed E-state index contributed by atoms with van der Waals surface area (Å²) in [5.74, 6) is 2.22. The molecule has 0 radical (unpaired) electrons. The Kier molecular flexibility index (Phi) is 5.48. The summed E-state index contributed by atoms with van der Waals surface area (Å²) in [6.45, 7) is 3.43. The summed E-state index contributed by atoms with van der Waals surface area (Å²) >= 11 is 0. The minimum atomic E-state index is 0.196. The highest BCUT2D eigenvalue weighted by molar-refractivity contribution is 5.76. The van der Waals surface area contributed by atoms with Crippen molar-refractivity contribution in [1.82, 2.24) is 14.9 Å². The van der Waals surface area contributed by atoms with E-state index >= 15 is 0 Å². The molecule has 0 bridgehead atoms. The molecule has 1 aromatic heterocycles. The number of aromatic nitrogens is 2. The SMILES string of the molecule is CCC(=O)N1CCC[C@@H](c2cncc(Oc3cccc(OC)c3)n2)C1. The second-order valence-electron chi connectivity index (χ2n) is 6.10. The van der Waals surface area contributed by atoms with Crippen LogP contribution in [0.3, 0.4) is 0 Å². The molecule has 1 fully saturated rings. The average Bonchev–Trinajstić information content (AvgIpc) is 2.68. The Bertz CT molecular complexity index is 735. The number of hydrogen-bond donors (Lipinski definition) is 0. The fourth-order valence-electron chi connectivity index (χ4n) is 3.06. The molecule has 1 amide bonds. The number of methoxy groups -OCH3 is 1. The molecule has 6 nitrogen and oxygen atoms in total. The van der Waals surface area contributed by atoms with Crippen molar-refractivity contribution in [2.45, 2.75) is 32.1 Å². The molecule has 0 N–H and O–H groups in total. The molecule has 1 aromatic carbocycles. The van der Waals surface area contributed by atoms with Crippen LogP contribution in [-0.2, 0) is 4.79 Å². The third-order valence-electron chi connectivity index (χ3n) is 4.39. The minimum Gasteiger partial charge on any atom is -0.497 e. The van der Waals surface area contributed by atoms with Crippen LogP contribution < -0.4 is 9.47 Å². The molecule has 1 saturated heterocycles. The Hall–Kier alpha value is -2.63. The first-order chi connectivity index (χ1) is 12.2. The van der Waals surface area contributed by atoms with Crippen LogP contribution in [0.5, 0.6) is 17.4 Å². The fraction of sp³-hybridized carbons (Fsp3) is 0.421. The van der Waals surface area contributed by atoms with Crippen LogP contribution in [0.1, 0.15) is 37.8 Å². The van der Waals surface area contributed by atoms with Crippen LogP contribution >= 0.6 is 0 Å². The van der Waals surface area contributed by atoms with Gasteiger partial charge in [-0.25, -0.2) is 4.98 Å². The molecule has 2 heterocycles. The minimum absolute atomic E-state index is 0.196. The van der Waals surface area contributed by atoms with Gasteiger partial charge in [-0.05, 0) is 25.0 Å². The smallest absolute Gasteiger partial charge is 0.238 e. The third kappa shape index (κ3) is 4.26. The molecule has 1 aliphatic heterocycles. The first-order valence-corrected chi connectivity index (χ1v) is 8.61. The second-order valence-corrected chi connectivity index (χ2v) is 6.10. The lowest BCUT2D eigenvalue weighted by atomic mass is 9.95. The Morgan fingerprint density at radius 1 is 1.32 bits per heavy atom. The Labute approximate surface area is 147 Å². The van der Waals surface area contributed by atoms with Gasteiger partial charge in [0.05, 0.1) is 19.0 Å². The zero-order valence-electron chi connectivity index (χ0n) is 14.6. The third-order valence-corrected chi connectivity index (χ3v) is 4.39. The van der Waals surface area contributed by atoms with E-state index in [4.69, 9.17) is 9.47 Å². The Morgan fingerprint density at radius 3 is 2.96 bits per heavy atom. The number of hydrogen-bond acceptors (Lipinski definition) is 5. The van der Waals surface area contributed by atoms with Gasteiger partial charge in [0.1, 0.15) is 11.5 Å². The van der Waals surface area contributed by atoms with E-state index in [9.17, 15) is 4.79 Å². The molecule has 1 atom stereocenters. The van der Waals surface area contributed by atoms with Crippen molar-refractivity contribution >= 4 is 5.91 Å². The van der Waals surface area contributed by atoms with Crippen molar-refractivity contribution in [3.63, 3.8) is 0 Å². The molecular formula is C19H23N3O3. The molecule has 1 aliphatic rings. The first-order valence-electron chi connectivity index (χ1n) is 8.61. The van der Waals surface area contributed by atoms with Crippen molar-refractivity contribution in [2.24, 2.45) is 0 Å². The Morgan fingerprint density at radius 2 is 2.16 bits per heavy atom. The molecule has 0 unspecified atom stereocenters. The molecule has 3 rings (SSSR count). The number of amides is 1. The standard InChI is InChI=1S/C19H23N3O3/c1-3-19(23)22-9-5-6-14(13-22)17-11-20-12-18(21-17)25-16-8-4-7-15(10-16)24-2/h4,7-8,10-12,14H,3,5-6,9,13H2,1-2H3/t14-/m1/s1. The topological polar surface area (TPSA) is 64.6 Å². The van der Waals surface area contributed by atoms with Gasteiger partial charge in [0.2, 0.25) is 11.8 Å². The van der Waals surface area contributed by atoms with Crippen LogP contribution in [0.4, 0.5) is 0 Å². The summed E-state index contributed by atoms with van der Waals surface area (Å²) in [5, 5.41) is 0. The predicted octanol–water partition coefficient (Wildman–Crippen LogP) is 3.39. The number of likely N-dealkylation sites (tertiary alicyclic amines) is 1. The molecule has 25 heavy (non-hydrogen) atoms. The van der Waals surface area contributed by atoms with E-state index < -0.39 is 0 Å². The summed E-state index contributed by atoms with van der Waals surface area (Å²) in [7, 11) is 1.62. The normalized spacial score (nSPS) is 17.2. The van der Waals surface area contributed by atoms with Crippen LogP contribution in [0, 0.1) is 0 Å². The molecule has 2 aromatic rings. The number of carbonyl (C=O) groups excluding carboxylic acids is 1. The van der Waals surface area contributed by atoms with Crippen LogP contribution in [0.15, 0.2) is 36.7 Å². The summed E-state index contributed by atoms with van der Waals surface area (Å²) in [6, 6.07) is 7.37. The van der Waals surface area contributed by atoms with Gasteiger partial charge in [-0.2, -0.15) is 0 Å². The molecule has 132 valence electrons. The highest BCUT2D eigenvalue weighted by Crippen LogP contribution is 2.28. The van der Waals surface area contributed by atoms with Crippen molar-refractivity contribution in [1.29, 1.82) is 0 Å². The highest BCUT2D eigenvalue weighted by atomic mass is 16.5. The van der Waals surface area contributed by atoms with E-state index in [1.807, 2.05) is 30.0 Å². The molecule has 6 heteroatoms. The maximum atomic E-state index is 12.0. The molecule has 0 spiro atoms. The zero-order chi connectivity index (χ0) is 17.6. The maximum Gasteiger partial charge on any atom is 0.238 e. The van der Waals surface area contributed by atoms with Gasteiger partial charge in [0.15, 0.2) is 0 Å². The largest absolute Gasteiger partial charge is 0.497 e. The van der Waals surface area contributed by atoms with Crippen molar-refractivity contribution < 1.29 is 14.3 Å². The molecule has 0 aliphatic carbocycles. The summed E-state index contributed by atoms with van der Waals surface area (Å²) < 4.78 is 11.0. The van der Waals surface area contributed by atoms with Gasteiger partial charge in [-0.1, -0.05) is 13.0 Å². The van der Waals surface area contributed by atoms with E-state index in [1.165, 1.54) is 0 Å². The number of piperidine rings is 1. The lowest BCUT2D eigenvalue weighted by Crippen LogP contribution is -2.38. The second kappa shape index (κ2) is 7.96. The monoisotopic (exact) mass is 341 g/mol. The summed E-state index contributed by atoms with van der Waals surface area (Å²) in [6.07, 6.45) is 5.89. The summed E-state index contributed by atoms with van der Waals surface area (Å²) in [4.78, 5) is 22.8. The van der Waals surface area contributed by atoms with Crippen molar-refractivity contribution in [2.75, 3.05) is 20.2 Å². The van der Waals surface area contributed by atoms with E-state index in [-0.39, 0.29) is 11.8 Å². The zero-order valence-corrected chi connectivity index (χ0v) is 14.6. The van der Waals surface area contributed by atoms with Gasteiger partial charge in [0, 0.05) is 37.7 Å². The van der Waals surface area contributed by atoms with Gasteiger partial charge in [-0.15, -0.1) is 0 Å². The number of rotatable bonds is 5. The van der Waals surface area contributed by atoms with Crippen LogP contribution in [-0.4, -0.2) is 41.0 Å². The molecular weight excluding hydrogens is 318 g/mol. The van der Waals surface area contributed by atoms with E-state index in [1.54, 1.807) is 25.6 Å². The van der Waals surface area contributed by atoms with E-state index in [0.29, 0.717) is 24.6 Å². The number of ether oxygens (including phenoxy) is 2. The quantitative estimate of drug-likeness (QED) is 0.834. The first kappa shape index (κ1) is 17.2. The average molecular weight is 341 g/mol. The van der Waals surface area contributed by atoms with Crippen LogP contribution in [0.2, 0.25) is 0 Å². The number of carbonyl (C=O) groups is 1. The van der Waals surface area contributed by atoms with E-state index in [0.717, 1.165) is 30.8 Å². The van der Waals surface area contributed by atoms with Gasteiger partial charge in [-0.3, -0.25) is 9.78 Å². The highest BCUT2D eigenvalue weighted by Gasteiger charge is 2.25. The maximum absolute atomic E-state index is 12.0. The molecule has 0 saturated carbocycles. The summed E-state index contributed by atoms with van der Waals surface area (Å²) in [5.41, 5.74) is 0.869. The fourth-order valence-corrected chi connectivity index (χ4v) is 3.06. The van der Waals surface area contributed by atoms with Crippen molar-refractivity contribution in [3.05, 3.63) is 42.4 Å². The Balaban J connectivity index is 1.73. The number of nitrogens with zero attached hydrogens (tertiary/aromatic N) is 3. The van der Waals surface area contributed by atoms with Gasteiger partial charge >= 0.3 is 0 Å². The van der Waals surface area contributed by atoms with E-state index in [2.05, 4.69) is 9.97 Å². The lowest BCUT2D eigenvalue weighted by Gasteiger charge is -2.32. The number of benzene rings is 1. The van der Waals surface area contributed by atoms with Crippen molar-refractivity contribution in [3.8, 4) is 17.4 Å². The van der Waals surface area contributed by atoms with Gasteiger partial charge in [0.25, 0.3) is 0 Å². The van der Waals surface area contributed by atoms with Gasteiger partial charge < -0.3 is 14.4 Å².